The smallest absolute Gasteiger partial charge is 0.175 e. The first-order chi connectivity index (χ1) is 6.11. The van der Waals surface area contributed by atoms with Crippen LogP contribution in [0.1, 0.15) is 0 Å². The van der Waals surface area contributed by atoms with Gasteiger partial charge in [0.05, 0.1) is 12.6 Å². The van der Waals surface area contributed by atoms with E-state index in [0.717, 1.165) is 0 Å². The Morgan fingerprint density at radius 3 is 2.36 bits per heavy atom. The average Bonchev–Trinajstić information content (AvgIpc) is 2.15. The molecular formula is C7H16ClNO5. The van der Waals surface area contributed by atoms with Crippen LogP contribution in [0.5, 0.6) is 0 Å². The molecule has 6 nitrogen and oxygen atoms in total. The highest BCUT2D eigenvalue weighted by Crippen LogP contribution is 2.19. The first-order valence-corrected chi connectivity index (χ1v) is 4.02. The first kappa shape index (κ1) is 14.1. The number of methoxy groups -OCH3 is 1. The Morgan fingerprint density at radius 1 is 1.36 bits per heavy atom. The maximum absolute atomic E-state index is 9.40. The molecule has 1 heterocycles. The van der Waals surface area contributed by atoms with Crippen LogP contribution in [0.25, 0.3) is 0 Å². The highest BCUT2D eigenvalue weighted by molar-refractivity contribution is 5.85. The predicted molar refractivity (Wildman–Crippen MR) is 50.0 cm³/mol. The molecule has 1 fully saturated rings. The summed E-state index contributed by atoms with van der Waals surface area (Å²) in [7, 11) is 1.38. The van der Waals surface area contributed by atoms with Crippen LogP contribution in [-0.4, -0.2) is 59.7 Å². The zero-order valence-corrected chi connectivity index (χ0v) is 8.55. The topological polar surface area (TPSA) is 105 Å². The van der Waals surface area contributed by atoms with Gasteiger partial charge in [0.2, 0.25) is 0 Å². The Bertz CT molecular complexity index is 152. The molecule has 1 unspecified atom stereocenters. The molecule has 1 aliphatic heterocycles. The van der Waals surface area contributed by atoms with Gasteiger partial charge in [-0.05, 0) is 0 Å². The van der Waals surface area contributed by atoms with Crippen LogP contribution in [0.4, 0.5) is 0 Å². The number of aliphatic hydroxyl groups is 3. The number of ether oxygens (including phenoxy) is 2. The molecule has 0 amide bonds. The fraction of sp³-hybridized carbons (Fsp3) is 1.00. The molecule has 0 bridgehead atoms. The standard InChI is InChI=1S/C7H15NO5.ClH/c1-12-7-4(8)6(11)5(10)3(2-9)13-7;/h3-7,9-11H,2,8H2,1H3;1H/t3-,4-,5-,6-,7?;/m1./s1. The van der Waals surface area contributed by atoms with Gasteiger partial charge in [0.1, 0.15) is 18.3 Å². The molecule has 86 valence electrons. The lowest BCUT2D eigenvalue weighted by Crippen LogP contribution is -2.62. The summed E-state index contributed by atoms with van der Waals surface area (Å²) in [6.07, 6.45) is -3.96. The highest BCUT2D eigenvalue weighted by Gasteiger charge is 2.42. The van der Waals surface area contributed by atoms with Crippen molar-refractivity contribution < 1.29 is 24.8 Å². The SMILES string of the molecule is COC1O[C@H](CO)[C@@H](O)[C@H](O)[C@H]1N.Cl. The predicted octanol–water partition coefficient (Wildman–Crippen LogP) is -2.18. The molecule has 0 aromatic heterocycles. The summed E-state index contributed by atoms with van der Waals surface area (Å²) in [6.45, 7) is -0.384. The Morgan fingerprint density at radius 2 is 1.93 bits per heavy atom. The van der Waals surface area contributed by atoms with Gasteiger partial charge in [-0.2, -0.15) is 0 Å². The lowest BCUT2D eigenvalue weighted by Gasteiger charge is -2.39. The maximum Gasteiger partial charge on any atom is 0.175 e. The normalized spacial score (nSPS) is 43.1. The molecule has 0 radical (unpaired) electrons. The van der Waals surface area contributed by atoms with E-state index in [0.29, 0.717) is 0 Å². The molecule has 5 N–H and O–H groups in total. The largest absolute Gasteiger partial charge is 0.394 e. The van der Waals surface area contributed by atoms with Crippen LogP contribution in [-0.2, 0) is 9.47 Å². The number of rotatable bonds is 2. The van der Waals surface area contributed by atoms with Crippen LogP contribution < -0.4 is 5.73 Å². The van der Waals surface area contributed by atoms with Crippen molar-refractivity contribution in [3.63, 3.8) is 0 Å². The minimum absolute atomic E-state index is 0. The molecule has 0 aromatic carbocycles. The fourth-order valence-electron chi connectivity index (χ4n) is 1.32. The third kappa shape index (κ3) is 2.54. The molecule has 0 aromatic rings. The second kappa shape index (κ2) is 5.82. The lowest BCUT2D eigenvalue weighted by molar-refractivity contribution is -0.257. The van der Waals surface area contributed by atoms with Crippen molar-refractivity contribution in [2.75, 3.05) is 13.7 Å². The molecule has 5 atom stereocenters. The molecule has 14 heavy (non-hydrogen) atoms. The van der Waals surface area contributed by atoms with Crippen molar-refractivity contribution in [1.82, 2.24) is 0 Å². The van der Waals surface area contributed by atoms with Crippen molar-refractivity contribution in [1.29, 1.82) is 0 Å². The van der Waals surface area contributed by atoms with E-state index in [1.165, 1.54) is 7.11 Å². The van der Waals surface area contributed by atoms with Crippen molar-refractivity contribution in [2.45, 2.75) is 30.6 Å². The summed E-state index contributed by atoms with van der Waals surface area (Å²) >= 11 is 0. The van der Waals surface area contributed by atoms with Crippen molar-refractivity contribution >= 4 is 12.4 Å². The Labute approximate surface area is 88.0 Å². The monoisotopic (exact) mass is 229 g/mol. The number of hydrogen-bond donors (Lipinski definition) is 4. The highest BCUT2D eigenvalue weighted by atomic mass is 35.5. The van der Waals surface area contributed by atoms with E-state index >= 15 is 0 Å². The van der Waals surface area contributed by atoms with E-state index in [9.17, 15) is 10.2 Å². The summed E-state index contributed by atoms with van der Waals surface area (Å²) in [5.74, 6) is 0. The van der Waals surface area contributed by atoms with E-state index in [1.54, 1.807) is 0 Å². The molecule has 7 heteroatoms. The summed E-state index contributed by atoms with van der Waals surface area (Å²) in [5.41, 5.74) is 5.50. The van der Waals surface area contributed by atoms with E-state index in [-0.39, 0.29) is 19.0 Å². The van der Waals surface area contributed by atoms with Crippen molar-refractivity contribution in [2.24, 2.45) is 5.73 Å². The number of aliphatic hydroxyl groups excluding tert-OH is 3. The summed E-state index contributed by atoms with van der Waals surface area (Å²) in [6, 6.07) is -0.803. The van der Waals surface area contributed by atoms with Gasteiger partial charge in [0.25, 0.3) is 0 Å². The second-order valence-electron chi connectivity index (χ2n) is 3.02. The average molecular weight is 230 g/mol. The number of hydrogen-bond acceptors (Lipinski definition) is 6. The molecule has 1 rings (SSSR count). The van der Waals surface area contributed by atoms with Crippen LogP contribution in [0, 0.1) is 0 Å². The quantitative estimate of drug-likeness (QED) is 0.429. The minimum Gasteiger partial charge on any atom is -0.394 e. The van der Waals surface area contributed by atoms with Crippen LogP contribution in [0.2, 0.25) is 0 Å². The van der Waals surface area contributed by atoms with Gasteiger partial charge in [0, 0.05) is 7.11 Å². The summed E-state index contributed by atoms with van der Waals surface area (Å²) in [4.78, 5) is 0. The van der Waals surface area contributed by atoms with Gasteiger partial charge in [-0.25, -0.2) is 0 Å². The molecule has 1 aliphatic rings. The third-order valence-electron chi connectivity index (χ3n) is 2.16. The van der Waals surface area contributed by atoms with Crippen molar-refractivity contribution in [3.05, 3.63) is 0 Å². The molecule has 0 aliphatic carbocycles. The molecule has 0 saturated carbocycles. The van der Waals surface area contributed by atoms with Crippen molar-refractivity contribution in [3.8, 4) is 0 Å². The molecule has 0 spiro atoms. The summed E-state index contributed by atoms with van der Waals surface area (Å²) in [5, 5.41) is 27.5. The number of halogens is 1. The lowest BCUT2D eigenvalue weighted by atomic mass is 9.98. The zero-order chi connectivity index (χ0) is 10.0. The number of nitrogens with two attached hydrogens (primary N) is 1. The summed E-state index contributed by atoms with van der Waals surface area (Å²) < 4.78 is 9.90. The molecular weight excluding hydrogens is 214 g/mol. The Hall–Kier alpha value is 0.0500. The van der Waals surface area contributed by atoms with Crippen LogP contribution in [0.15, 0.2) is 0 Å². The van der Waals surface area contributed by atoms with Gasteiger partial charge < -0.3 is 30.5 Å². The van der Waals surface area contributed by atoms with Gasteiger partial charge in [-0.15, -0.1) is 12.4 Å². The maximum atomic E-state index is 9.40. The van der Waals surface area contributed by atoms with Crippen LogP contribution in [0.3, 0.4) is 0 Å². The van der Waals surface area contributed by atoms with E-state index < -0.39 is 30.6 Å². The van der Waals surface area contributed by atoms with E-state index in [4.69, 9.17) is 20.3 Å². The van der Waals surface area contributed by atoms with E-state index in [2.05, 4.69) is 0 Å². The van der Waals surface area contributed by atoms with Gasteiger partial charge in [-0.3, -0.25) is 0 Å². The minimum atomic E-state index is -1.17. The first-order valence-electron chi connectivity index (χ1n) is 4.02. The van der Waals surface area contributed by atoms with E-state index in [1.807, 2.05) is 0 Å². The van der Waals surface area contributed by atoms with Gasteiger partial charge >= 0.3 is 0 Å². The fourth-order valence-corrected chi connectivity index (χ4v) is 1.32. The second-order valence-corrected chi connectivity index (χ2v) is 3.02. The van der Waals surface area contributed by atoms with Crippen LogP contribution >= 0.6 is 12.4 Å². The molecule has 1 saturated heterocycles. The Kier molecular flexibility index (Phi) is 5.84. The van der Waals surface area contributed by atoms with Gasteiger partial charge in [-0.1, -0.05) is 0 Å². The third-order valence-corrected chi connectivity index (χ3v) is 2.16. The Balaban J connectivity index is 0.00000169. The zero-order valence-electron chi connectivity index (χ0n) is 7.74. The van der Waals surface area contributed by atoms with Gasteiger partial charge in [0.15, 0.2) is 6.29 Å².